The summed E-state index contributed by atoms with van der Waals surface area (Å²) in [5.41, 5.74) is 5.47. The van der Waals surface area contributed by atoms with Gasteiger partial charge in [-0.25, -0.2) is 4.79 Å². The first-order valence-electron chi connectivity index (χ1n) is 20.4. The lowest BCUT2D eigenvalue weighted by Gasteiger charge is -2.15. The summed E-state index contributed by atoms with van der Waals surface area (Å²) in [5, 5.41) is 11.9. The lowest BCUT2D eigenvalue weighted by Crippen LogP contribution is -2.40. The molecule has 0 bridgehead atoms. The van der Waals surface area contributed by atoms with Crippen molar-refractivity contribution in [1.82, 2.24) is 5.32 Å². The second-order valence-corrected chi connectivity index (χ2v) is 13.3. The Kier molecular flexibility index (Phi) is 36.2. The number of carboxylic acid groups (broad SMARTS) is 1. The minimum absolute atomic E-state index is 0.138. The van der Waals surface area contributed by atoms with Crippen LogP contribution in [-0.2, 0) is 19.1 Å². The molecule has 7 nitrogen and oxygen atoms in total. The van der Waals surface area contributed by atoms with E-state index in [0.29, 0.717) is 38.6 Å². The molecule has 4 N–H and O–H groups in total. The van der Waals surface area contributed by atoms with Crippen LogP contribution in [-0.4, -0.2) is 41.6 Å². The molecular formula is C45H74N2O5. The zero-order chi connectivity index (χ0) is 38.2. The van der Waals surface area contributed by atoms with Crippen LogP contribution in [0.25, 0.3) is 0 Å². The first-order valence-corrected chi connectivity index (χ1v) is 20.4. The minimum atomic E-state index is -1.02. The van der Waals surface area contributed by atoms with E-state index in [9.17, 15) is 19.5 Å². The van der Waals surface area contributed by atoms with E-state index in [4.69, 9.17) is 10.5 Å². The summed E-state index contributed by atoms with van der Waals surface area (Å²) in [5.74, 6) is -1.38. The van der Waals surface area contributed by atoms with Crippen LogP contribution in [0.3, 0.4) is 0 Å². The van der Waals surface area contributed by atoms with Crippen molar-refractivity contribution in [2.24, 2.45) is 5.73 Å². The lowest BCUT2D eigenvalue weighted by molar-refractivity contribution is -0.147. The fourth-order valence-corrected chi connectivity index (χ4v) is 5.36. The van der Waals surface area contributed by atoms with Gasteiger partial charge in [0.25, 0.3) is 0 Å². The lowest BCUT2D eigenvalue weighted by atomic mass is 10.1. The summed E-state index contributed by atoms with van der Waals surface area (Å²) >= 11 is 0. The molecule has 0 rings (SSSR count). The van der Waals surface area contributed by atoms with Crippen LogP contribution in [0.2, 0.25) is 0 Å². The Labute approximate surface area is 317 Å². The van der Waals surface area contributed by atoms with Crippen molar-refractivity contribution in [3.63, 3.8) is 0 Å². The maximum atomic E-state index is 12.7. The maximum absolute atomic E-state index is 12.7. The van der Waals surface area contributed by atoms with E-state index in [1.807, 2.05) is 6.08 Å². The van der Waals surface area contributed by atoms with Crippen molar-refractivity contribution >= 4 is 17.8 Å². The van der Waals surface area contributed by atoms with Crippen molar-refractivity contribution < 1.29 is 24.2 Å². The van der Waals surface area contributed by atoms with Crippen LogP contribution in [0, 0.1) is 0 Å². The Morgan fingerprint density at radius 2 is 1.12 bits per heavy atom. The Morgan fingerprint density at radius 1 is 0.596 bits per heavy atom. The van der Waals surface area contributed by atoms with Crippen molar-refractivity contribution in [3.05, 3.63) is 85.1 Å². The summed E-state index contributed by atoms with van der Waals surface area (Å²) in [6, 6.07) is -0.873. The van der Waals surface area contributed by atoms with Gasteiger partial charge in [-0.15, -0.1) is 0 Å². The Hall–Kier alpha value is -3.45. The molecule has 0 aliphatic carbocycles. The topological polar surface area (TPSA) is 119 Å². The van der Waals surface area contributed by atoms with Gasteiger partial charge in [0, 0.05) is 12.8 Å². The molecule has 294 valence electrons. The number of nitrogens with two attached hydrogens (primary N) is 1. The molecule has 2 atom stereocenters. The monoisotopic (exact) mass is 723 g/mol. The zero-order valence-electron chi connectivity index (χ0n) is 32.9. The number of ether oxygens (including phenoxy) is 1. The zero-order valence-corrected chi connectivity index (χ0v) is 32.9. The van der Waals surface area contributed by atoms with E-state index in [1.165, 1.54) is 19.3 Å². The van der Waals surface area contributed by atoms with Crippen molar-refractivity contribution in [3.8, 4) is 0 Å². The van der Waals surface area contributed by atoms with Gasteiger partial charge in [-0.05, 0) is 115 Å². The fourth-order valence-electron chi connectivity index (χ4n) is 5.36. The molecule has 0 heterocycles. The number of carboxylic acids is 1. The largest absolute Gasteiger partial charge is 0.480 e. The van der Waals surface area contributed by atoms with Gasteiger partial charge in [0.2, 0.25) is 5.91 Å². The molecule has 7 heteroatoms. The van der Waals surface area contributed by atoms with Crippen LogP contribution in [0.5, 0.6) is 0 Å². The molecule has 2 unspecified atom stereocenters. The average Bonchev–Trinajstić information content (AvgIpc) is 3.13. The van der Waals surface area contributed by atoms with E-state index in [2.05, 4.69) is 98.2 Å². The average molecular weight is 723 g/mol. The number of rotatable bonds is 35. The highest BCUT2D eigenvalue weighted by Gasteiger charge is 2.18. The number of nitrogens with one attached hydrogen (secondary N) is 1. The smallest absolute Gasteiger partial charge is 0.326 e. The van der Waals surface area contributed by atoms with Gasteiger partial charge in [-0.3, -0.25) is 9.59 Å². The first kappa shape index (κ1) is 48.5. The summed E-state index contributed by atoms with van der Waals surface area (Å²) in [7, 11) is 0. The third kappa shape index (κ3) is 35.0. The highest BCUT2D eigenvalue weighted by molar-refractivity contribution is 5.83. The third-order valence-corrected chi connectivity index (χ3v) is 8.43. The van der Waals surface area contributed by atoms with Crippen LogP contribution in [0.15, 0.2) is 85.1 Å². The van der Waals surface area contributed by atoms with Crippen LogP contribution >= 0.6 is 0 Å². The predicted molar refractivity (Wildman–Crippen MR) is 220 cm³/mol. The molecule has 0 saturated heterocycles. The number of carbonyl (C=O) groups excluding carboxylic acids is 2. The maximum Gasteiger partial charge on any atom is 0.326 e. The summed E-state index contributed by atoms with van der Waals surface area (Å²) in [6.07, 6.45) is 50.6. The molecule has 0 aromatic rings. The fraction of sp³-hybridized carbons (Fsp3) is 0.622. The number of amides is 1. The second kappa shape index (κ2) is 38.8. The molecule has 0 aromatic heterocycles. The quantitative estimate of drug-likeness (QED) is 0.0340. The van der Waals surface area contributed by atoms with Gasteiger partial charge < -0.3 is 20.9 Å². The Morgan fingerprint density at radius 3 is 1.69 bits per heavy atom. The predicted octanol–water partition coefficient (Wildman–Crippen LogP) is 11.3. The number of hydrogen-bond acceptors (Lipinski definition) is 5. The standard InChI is InChI=1S/C45H74N2O5/c1-3-5-7-9-11-13-15-16-17-18-20-22-24-29-33-39-44(49)52-41(35-30-26-23-21-19-14-12-10-8-6-4-2)36-31-27-25-28-32-38-43(48)47-42(45(50)51)37-34-40-46/h5,7,11-14,16-17,20-23,30,35,41-42H,3-4,6,8-10,15,18-19,24-29,31-34,36-40,46H2,1-2H3,(H,47,48)(H,50,51)/b7-5-,13-11-,14-12-,17-16-,22-20-,23-21-,35-30-. The highest BCUT2D eigenvalue weighted by atomic mass is 16.5. The molecule has 0 aliphatic rings. The summed E-state index contributed by atoms with van der Waals surface area (Å²) in [4.78, 5) is 36.2. The molecule has 0 aromatic carbocycles. The Bertz CT molecular complexity index is 1090. The third-order valence-electron chi connectivity index (χ3n) is 8.43. The minimum Gasteiger partial charge on any atom is -0.480 e. The number of hydrogen-bond donors (Lipinski definition) is 3. The normalized spacial score (nSPS) is 13.6. The molecule has 1 amide bonds. The highest BCUT2D eigenvalue weighted by Crippen LogP contribution is 2.14. The van der Waals surface area contributed by atoms with E-state index in [0.717, 1.165) is 96.3 Å². The molecule has 0 saturated carbocycles. The summed E-state index contributed by atoms with van der Waals surface area (Å²) in [6.45, 7) is 4.77. The van der Waals surface area contributed by atoms with Crippen molar-refractivity contribution in [2.45, 2.75) is 174 Å². The molecule has 52 heavy (non-hydrogen) atoms. The molecule has 0 radical (unpaired) electrons. The van der Waals surface area contributed by atoms with Gasteiger partial charge in [-0.1, -0.05) is 125 Å². The number of esters is 1. The number of allylic oxidation sites excluding steroid dienone is 13. The molecule has 0 spiro atoms. The van der Waals surface area contributed by atoms with Crippen LogP contribution < -0.4 is 11.1 Å². The van der Waals surface area contributed by atoms with Gasteiger partial charge in [-0.2, -0.15) is 0 Å². The molecular weight excluding hydrogens is 649 g/mol. The number of aliphatic carboxylic acids is 1. The van der Waals surface area contributed by atoms with Crippen LogP contribution in [0.1, 0.15) is 162 Å². The Balaban J connectivity index is 4.55. The first-order chi connectivity index (χ1) is 25.4. The summed E-state index contributed by atoms with van der Waals surface area (Å²) < 4.78 is 5.90. The SMILES string of the molecule is CC/C=C\C/C=C\C/C=C\C/C=C\CCCCC(=O)OC(/C=C\C/C=C\C/C=C\CCCCC)CCCCCCCC(=O)NC(CCCN)C(=O)O. The van der Waals surface area contributed by atoms with Crippen molar-refractivity contribution in [2.75, 3.05) is 6.54 Å². The molecule has 0 aliphatic heterocycles. The van der Waals surface area contributed by atoms with Gasteiger partial charge >= 0.3 is 11.9 Å². The van der Waals surface area contributed by atoms with E-state index < -0.39 is 12.0 Å². The van der Waals surface area contributed by atoms with Gasteiger partial charge in [0.15, 0.2) is 0 Å². The van der Waals surface area contributed by atoms with E-state index in [-0.39, 0.29) is 18.0 Å². The van der Waals surface area contributed by atoms with Gasteiger partial charge in [0.05, 0.1) is 0 Å². The van der Waals surface area contributed by atoms with E-state index in [1.54, 1.807) is 0 Å². The van der Waals surface area contributed by atoms with Crippen LogP contribution in [0.4, 0.5) is 0 Å². The number of unbranched alkanes of at least 4 members (excludes halogenated alkanes) is 9. The van der Waals surface area contributed by atoms with Crippen molar-refractivity contribution in [1.29, 1.82) is 0 Å². The van der Waals surface area contributed by atoms with Gasteiger partial charge in [0.1, 0.15) is 12.1 Å². The molecule has 0 fully saturated rings. The van der Waals surface area contributed by atoms with E-state index >= 15 is 0 Å². The second-order valence-electron chi connectivity index (χ2n) is 13.3. The number of carbonyl (C=O) groups is 3.